The second-order valence-corrected chi connectivity index (χ2v) is 11.2. The Bertz CT molecular complexity index is 376. The van der Waals surface area contributed by atoms with Crippen LogP contribution in [0.1, 0.15) is 186 Å². The van der Waals surface area contributed by atoms with Gasteiger partial charge in [-0.05, 0) is 12.8 Å². The van der Waals surface area contributed by atoms with Gasteiger partial charge in [0.25, 0.3) is 0 Å². The predicted octanol–water partition coefficient (Wildman–Crippen LogP) is 11.0. The summed E-state index contributed by atoms with van der Waals surface area (Å²) in [6.45, 7) is 0. The molecule has 1 rings (SSSR count). The number of hydrogen-bond acceptors (Lipinski definition) is 1. The average molecular weight is 465 g/mol. The minimum Gasteiger partial charge on any atom is -0.481 e. The van der Waals surface area contributed by atoms with Crippen molar-refractivity contribution in [3.8, 4) is 0 Å². The fourth-order valence-corrected chi connectivity index (χ4v) is 5.59. The summed E-state index contributed by atoms with van der Waals surface area (Å²) in [5.41, 5.74) is 0. The fraction of sp³-hybridized carbons (Fsp3) is 0.968. The lowest BCUT2D eigenvalue weighted by molar-refractivity contribution is -0.142. The van der Waals surface area contributed by atoms with Crippen LogP contribution in [0.15, 0.2) is 0 Å². The van der Waals surface area contributed by atoms with Gasteiger partial charge >= 0.3 is 5.97 Å². The summed E-state index contributed by atoms with van der Waals surface area (Å²) in [6, 6.07) is 0. The first kappa shape index (κ1) is 30.5. The van der Waals surface area contributed by atoms with Crippen LogP contribution >= 0.6 is 0 Å². The Labute approximate surface area is 208 Å². The van der Waals surface area contributed by atoms with Crippen molar-refractivity contribution in [2.45, 2.75) is 186 Å². The third-order valence-corrected chi connectivity index (χ3v) is 7.95. The van der Waals surface area contributed by atoms with Gasteiger partial charge in [0, 0.05) is 0 Å². The van der Waals surface area contributed by atoms with E-state index >= 15 is 0 Å². The minimum absolute atomic E-state index is 0.0923. The molecule has 1 aliphatic rings. The van der Waals surface area contributed by atoms with Gasteiger partial charge in [0.1, 0.15) is 0 Å². The maximum absolute atomic E-state index is 11.6. The third-order valence-electron chi connectivity index (χ3n) is 7.95. The highest BCUT2D eigenvalue weighted by Crippen LogP contribution is 2.21. The van der Waals surface area contributed by atoms with Crippen LogP contribution in [0.4, 0.5) is 0 Å². The van der Waals surface area contributed by atoms with E-state index in [1.807, 2.05) is 0 Å². The van der Waals surface area contributed by atoms with Crippen LogP contribution < -0.4 is 0 Å². The SMILES string of the molecule is O=C(O)C1CCCCCCCCCCCCCCCCCCCCCCCCCCCCC1. The van der Waals surface area contributed by atoms with E-state index in [4.69, 9.17) is 0 Å². The lowest BCUT2D eigenvalue weighted by Crippen LogP contribution is -2.13. The molecule has 1 N–H and O–H groups in total. The van der Waals surface area contributed by atoms with E-state index in [1.54, 1.807) is 0 Å². The molecule has 2 heteroatoms. The molecule has 0 spiro atoms. The number of carboxylic acid groups (broad SMARTS) is 1. The average Bonchev–Trinajstić information content (AvgIpc) is 2.80. The number of carbonyl (C=O) groups is 1. The molecule has 1 fully saturated rings. The fourth-order valence-electron chi connectivity index (χ4n) is 5.59. The number of rotatable bonds is 1. The van der Waals surface area contributed by atoms with Crippen LogP contribution in [0.3, 0.4) is 0 Å². The highest BCUT2D eigenvalue weighted by atomic mass is 16.4. The molecule has 1 saturated carbocycles. The molecule has 0 atom stereocenters. The summed E-state index contributed by atoms with van der Waals surface area (Å²) >= 11 is 0. The van der Waals surface area contributed by atoms with Crippen LogP contribution in [0, 0.1) is 5.92 Å². The zero-order chi connectivity index (χ0) is 23.7. The Morgan fingerprint density at radius 1 is 0.333 bits per heavy atom. The molecule has 1 aliphatic carbocycles. The third kappa shape index (κ3) is 21.7. The Kier molecular flexibility index (Phi) is 22.7. The highest BCUT2D eigenvalue weighted by Gasteiger charge is 2.16. The van der Waals surface area contributed by atoms with E-state index in [1.165, 1.54) is 161 Å². The Morgan fingerprint density at radius 3 is 0.636 bits per heavy atom. The molecule has 0 unspecified atom stereocenters. The van der Waals surface area contributed by atoms with Gasteiger partial charge in [0.15, 0.2) is 0 Å². The largest absolute Gasteiger partial charge is 0.481 e. The maximum atomic E-state index is 11.6. The summed E-state index contributed by atoms with van der Waals surface area (Å²) in [5, 5.41) is 9.54. The lowest BCUT2D eigenvalue weighted by atomic mass is 9.94. The monoisotopic (exact) mass is 464 g/mol. The van der Waals surface area contributed by atoms with E-state index in [0.717, 1.165) is 25.7 Å². The van der Waals surface area contributed by atoms with Crippen LogP contribution in [0.2, 0.25) is 0 Å². The number of aliphatic carboxylic acids is 1. The zero-order valence-corrected chi connectivity index (χ0v) is 22.4. The van der Waals surface area contributed by atoms with Crippen molar-refractivity contribution in [1.29, 1.82) is 0 Å². The molecule has 2 nitrogen and oxygen atoms in total. The predicted molar refractivity (Wildman–Crippen MR) is 145 cm³/mol. The van der Waals surface area contributed by atoms with Crippen molar-refractivity contribution in [3.05, 3.63) is 0 Å². The van der Waals surface area contributed by atoms with Crippen molar-refractivity contribution >= 4 is 5.97 Å². The first-order valence-corrected chi connectivity index (χ1v) is 15.5. The Balaban J connectivity index is 2.16. The summed E-state index contributed by atoms with van der Waals surface area (Å²) in [6.07, 6.45) is 39.0. The van der Waals surface area contributed by atoms with Gasteiger partial charge in [0.05, 0.1) is 5.92 Å². The van der Waals surface area contributed by atoms with Gasteiger partial charge in [0.2, 0.25) is 0 Å². The van der Waals surface area contributed by atoms with Crippen molar-refractivity contribution in [3.63, 3.8) is 0 Å². The van der Waals surface area contributed by atoms with E-state index in [-0.39, 0.29) is 5.92 Å². The minimum atomic E-state index is -0.555. The van der Waals surface area contributed by atoms with E-state index in [0.29, 0.717) is 0 Å². The zero-order valence-electron chi connectivity index (χ0n) is 22.4. The van der Waals surface area contributed by atoms with Gasteiger partial charge in [-0.25, -0.2) is 0 Å². The standard InChI is InChI=1S/C31H60O2/c32-31(33)30-28-26-24-22-20-18-16-14-12-10-8-6-4-2-1-3-5-7-9-11-13-15-17-19-21-23-25-27-29-30/h30H,1-29H2,(H,32,33). The molecule has 0 heterocycles. The molecule has 196 valence electrons. The van der Waals surface area contributed by atoms with E-state index in [2.05, 4.69) is 0 Å². The van der Waals surface area contributed by atoms with E-state index in [9.17, 15) is 9.90 Å². The Morgan fingerprint density at radius 2 is 0.485 bits per heavy atom. The summed E-state index contributed by atoms with van der Waals surface area (Å²) in [7, 11) is 0. The lowest BCUT2D eigenvalue weighted by Gasteiger charge is -2.12. The molecular formula is C31H60O2. The van der Waals surface area contributed by atoms with Crippen molar-refractivity contribution in [1.82, 2.24) is 0 Å². The topological polar surface area (TPSA) is 37.3 Å². The van der Waals surface area contributed by atoms with E-state index < -0.39 is 5.97 Å². The molecule has 0 aromatic carbocycles. The van der Waals surface area contributed by atoms with Gasteiger partial charge in [-0.2, -0.15) is 0 Å². The van der Waals surface area contributed by atoms with Gasteiger partial charge in [-0.15, -0.1) is 0 Å². The first-order chi connectivity index (χ1) is 16.3. The van der Waals surface area contributed by atoms with Gasteiger partial charge in [-0.3, -0.25) is 4.79 Å². The maximum Gasteiger partial charge on any atom is 0.306 e. The van der Waals surface area contributed by atoms with Crippen LogP contribution in [-0.2, 0) is 4.79 Å². The normalized spacial score (nSPS) is 23.4. The molecule has 0 saturated heterocycles. The second-order valence-electron chi connectivity index (χ2n) is 11.2. The van der Waals surface area contributed by atoms with Crippen molar-refractivity contribution < 1.29 is 9.90 Å². The molecule has 0 aliphatic heterocycles. The molecule has 0 amide bonds. The Hall–Kier alpha value is -0.530. The quantitative estimate of drug-likeness (QED) is 0.419. The molecule has 0 bridgehead atoms. The number of hydrogen-bond donors (Lipinski definition) is 1. The highest BCUT2D eigenvalue weighted by molar-refractivity contribution is 5.69. The molecular weight excluding hydrogens is 404 g/mol. The summed E-state index contributed by atoms with van der Waals surface area (Å²) in [5.74, 6) is -0.647. The molecule has 0 radical (unpaired) electrons. The first-order valence-electron chi connectivity index (χ1n) is 15.5. The smallest absolute Gasteiger partial charge is 0.306 e. The van der Waals surface area contributed by atoms with Gasteiger partial charge < -0.3 is 5.11 Å². The number of carboxylic acids is 1. The second kappa shape index (κ2) is 24.6. The van der Waals surface area contributed by atoms with Crippen molar-refractivity contribution in [2.24, 2.45) is 5.92 Å². The van der Waals surface area contributed by atoms with Crippen LogP contribution in [0.5, 0.6) is 0 Å². The molecule has 0 aromatic rings. The van der Waals surface area contributed by atoms with Crippen LogP contribution in [0.25, 0.3) is 0 Å². The molecule has 0 aromatic heterocycles. The molecule has 33 heavy (non-hydrogen) atoms. The summed E-state index contributed by atoms with van der Waals surface area (Å²) in [4.78, 5) is 11.6. The van der Waals surface area contributed by atoms with Crippen molar-refractivity contribution in [2.75, 3.05) is 0 Å². The summed E-state index contributed by atoms with van der Waals surface area (Å²) < 4.78 is 0. The van der Waals surface area contributed by atoms with Gasteiger partial charge in [-0.1, -0.05) is 173 Å². The van der Waals surface area contributed by atoms with Crippen LogP contribution in [-0.4, -0.2) is 11.1 Å².